The van der Waals surface area contributed by atoms with Gasteiger partial charge in [0.25, 0.3) is 17.2 Å². The van der Waals surface area contributed by atoms with Crippen LogP contribution in [0.15, 0.2) is 28.7 Å². The van der Waals surface area contributed by atoms with Crippen molar-refractivity contribution in [3.05, 3.63) is 29.3 Å². The van der Waals surface area contributed by atoms with Gasteiger partial charge in [-0.1, -0.05) is 11.6 Å². The van der Waals surface area contributed by atoms with E-state index in [1.807, 2.05) is 4.72 Å². The molecule has 0 fully saturated rings. The molecule has 1 atom stereocenters. The van der Waals surface area contributed by atoms with Gasteiger partial charge in [-0.3, -0.25) is 4.55 Å². The van der Waals surface area contributed by atoms with Gasteiger partial charge in [0.1, 0.15) is 0 Å². The summed E-state index contributed by atoms with van der Waals surface area (Å²) in [7, 11) is 0. The fourth-order valence-corrected chi connectivity index (χ4v) is 1.78. The number of halogens is 1. The molecule has 6 nitrogen and oxygen atoms in total. The minimum absolute atomic E-state index is 0.0304. The van der Waals surface area contributed by atoms with Crippen molar-refractivity contribution in [2.45, 2.75) is 0 Å². The molecule has 8 heteroatoms. The molecule has 1 heterocycles. The van der Waals surface area contributed by atoms with E-state index in [4.69, 9.17) is 20.6 Å². The molecule has 1 aromatic heterocycles. The van der Waals surface area contributed by atoms with E-state index in [1.54, 1.807) is 24.3 Å². The van der Waals surface area contributed by atoms with Gasteiger partial charge in [-0.15, -0.1) is 0 Å². The molecule has 0 radical (unpaired) electrons. The Morgan fingerprint density at radius 2 is 1.78 bits per heavy atom. The van der Waals surface area contributed by atoms with Crippen LogP contribution in [0.5, 0.6) is 11.5 Å². The average molecular weight is 290 g/mol. The summed E-state index contributed by atoms with van der Waals surface area (Å²) in [5.41, 5.74) is 0.462. The first-order valence-electron chi connectivity index (χ1n) is 4.67. The van der Waals surface area contributed by atoms with Gasteiger partial charge in [0, 0.05) is 10.6 Å². The summed E-state index contributed by atoms with van der Waals surface area (Å²) in [6.45, 7) is 0. The second-order valence-electron chi connectivity index (χ2n) is 3.32. The highest BCUT2D eigenvalue weighted by molar-refractivity contribution is 7.80. The number of nitrogens with one attached hydrogen (secondary N) is 1. The lowest BCUT2D eigenvalue weighted by Crippen LogP contribution is -2.00. The summed E-state index contributed by atoms with van der Waals surface area (Å²) in [5, 5.41) is 19.7. The van der Waals surface area contributed by atoms with Crippen LogP contribution in [-0.4, -0.2) is 19.0 Å². The fraction of sp³-hybridized carbons (Fsp3) is 0. The van der Waals surface area contributed by atoms with Crippen LogP contribution < -0.4 is 4.72 Å². The van der Waals surface area contributed by atoms with Crippen molar-refractivity contribution in [2.24, 2.45) is 0 Å². The van der Waals surface area contributed by atoms with Crippen molar-refractivity contribution < 1.29 is 23.4 Å². The van der Waals surface area contributed by atoms with Gasteiger partial charge in [0.2, 0.25) is 11.5 Å². The monoisotopic (exact) mass is 289 g/mol. The van der Waals surface area contributed by atoms with Crippen molar-refractivity contribution in [2.75, 3.05) is 4.72 Å². The standard InChI is InChI=1S/C10H8ClNO5S/c11-6-3-1-5(2-4-6)9-7(13)8(14)10(17-9)12-18(15)16/h1-4,12-14H,(H,15,16). The Morgan fingerprint density at radius 3 is 2.33 bits per heavy atom. The quantitative estimate of drug-likeness (QED) is 0.650. The molecule has 0 aliphatic heterocycles. The minimum atomic E-state index is -2.42. The molecule has 0 aliphatic rings. The average Bonchev–Trinajstić information content (AvgIpc) is 2.58. The predicted molar refractivity (Wildman–Crippen MR) is 66.9 cm³/mol. The molecule has 2 aromatic rings. The van der Waals surface area contributed by atoms with Crippen LogP contribution in [0.3, 0.4) is 0 Å². The summed E-state index contributed by atoms with van der Waals surface area (Å²) in [6.07, 6.45) is 0. The second-order valence-corrected chi connectivity index (χ2v) is 4.45. The fourth-order valence-electron chi connectivity index (χ4n) is 1.36. The first-order chi connectivity index (χ1) is 8.49. The zero-order valence-corrected chi connectivity index (χ0v) is 10.3. The first-order valence-corrected chi connectivity index (χ1v) is 6.15. The van der Waals surface area contributed by atoms with Crippen LogP contribution in [0.1, 0.15) is 0 Å². The Morgan fingerprint density at radius 1 is 1.17 bits per heavy atom. The van der Waals surface area contributed by atoms with E-state index in [0.29, 0.717) is 10.6 Å². The molecule has 0 spiro atoms. The highest BCUT2D eigenvalue weighted by atomic mass is 35.5. The first kappa shape index (κ1) is 12.7. The largest absolute Gasteiger partial charge is 0.502 e. The predicted octanol–water partition coefficient (Wildman–Crippen LogP) is 2.56. The molecule has 96 valence electrons. The molecule has 0 saturated heterocycles. The number of rotatable bonds is 3. The SMILES string of the molecule is O=S(O)Nc1oc(-c2ccc(Cl)cc2)c(O)c1O. The number of hydrogen-bond acceptors (Lipinski definition) is 4. The van der Waals surface area contributed by atoms with E-state index in [1.165, 1.54) is 0 Å². The summed E-state index contributed by atoms with van der Waals surface area (Å²) in [4.78, 5) is 0. The molecule has 0 bridgehead atoms. The Balaban J connectivity index is 2.45. The number of furan rings is 1. The van der Waals surface area contributed by atoms with E-state index in [9.17, 15) is 14.4 Å². The zero-order chi connectivity index (χ0) is 13.3. The van der Waals surface area contributed by atoms with Crippen molar-refractivity contribution in [1.82, 2.24) is 0 Å². The highest BCUT2D eigenvalue weighted by Gasteiger charge is 2.21. The van der Waals surface area contributed by atoms with Gasteiger partial charge in [0.15, 0.2) is 5.76 Å². The summed E-state index contributed by atoms with van der Waals surface area (Å²) < 4.78 is 26.2. The topological polar surface area (TPSA) is 103 Å². The smallest absolute Gasteiger partial charge is 0.261 e. The Bertz CT molecular complexity index is 595. The molecule has 0 amide bonds. The Hall–Kier alpha value is -1.70. The van der Waals surface area contributed by atoms with Crippen LogP contribution in [0, 0.1) is 0 Å². The van der Waals surface area contributed by atoms with E-state index in [-0.39, 0.29) is 5.76 Å². The summed E-state index contributed by atoms with van der Waals surface area (Å²) >= 11 is 3.30. The van der Waals surface area contributed by atoms with Gasteiger partial charge < -0.3 is 14.6 Å². The Kier molecular flexibility index (Phi) is 3.46. The third-order valence-corrected chi connectivity index (χ3v) is 2.76. The van der Waals surface area contributed by atoms with Gasteiger partial charge in [-0.2, -0.15) is 0 Å². The van der Waals surface area contributed by atoms with Gasteiger partial charge in [-0.05, 0) is 24.3 Å². The second kappa shape index (κ2) is 4.89. The van der Waals surface area contributed by atoms with Crippen molar-refractivity contribution in [3.63, 3.8) is 0 Å². The van der Waals surface area contributed by atoms with Crippen LogP contribution >= 0.6 is 11.6 Å². The van der Waals surface area contributed by atoms with Gasteiger partial charge >= 0.3 is 0 Å². The molecule has 1 aromatic carbocycles. The van der Waals surface area contributed by atoms with E-state index >= 15 is 0 Å². The summed E-state index contributed by atoms with van der Waals surface area (Å²) in [6, 6.07) is 6.29. The van der Waals surface area contributed by atoms with Crippen LogP contribution in [0.25, 0.3) is 11.3 Å². The Labute approximate surface area is 109 Å². The molecule has 2 rings (SSSR count). The molecule has 4 N–H and O–H groups in total. The number of hydrogen-bond donors (Lipinski definition) is 4. The lowest BCUT2D eigenvalue weighted by Gasteiger charge is -1.97. The highest BCUT2D eigenvalue weighted by Crippen LogP contribution is 2.45. The minimum Gasteiger partial charge on any atom is -0.502 e. The van der Waals surface area contributed by atoms with Crippen molar-refractivity contribution in [3.8, 4) is 22.8 Å². The maximum Gasteiger partial charge on any atom is 0.261 e. The maximum absolute atomic E-state index is 10.6. The number of aromatic hydroxyl groups is 2. The number of benzene rings is 1. The molecule has 1 unspecified atom stereocenters. The third kappa shape index (κ3) is 2.42. The van der Waals surface area contributed by atoms with E-state index in [2.05, 4.69) is 0 Å². The lowest BCUT2D eigenvalue weighted by atomic mass is 10.1. The van der Waals surface area contributed by atoms with Crippen molar-refractivity contribution >= 4 is 28.8 Å². The van der Waals surface area contributed by atoms with Crippen LogP contribution in [0.4, 0.5) is 5.88 Å². The van der Waals surface area contributed by atoms with E-state index in [0.717, 1.165) is 0 Å². The molecule has 0 aliphatic carbocycles. The van der Waals surface area contributed by atoms with Crippen LogP contribution in [-0.2, 0) is 11.3 Å². The molecular weight excluding hydrogens is 282 g/mol. The molecular formula is C10H8ClNO5S. The van der Waals surface area contributed by atoms with Gasteiger partial charge in [-0.25, -0.2) is 8.93 Å². The molecule has 0 saturated carbocycles. The van der Waals surface area contributed by atoms with E-state index < -0.39 is 28.6 Å². The van der Waals surface area contributed by atoms with Crippen molar-refractivity contribution in [1.29, 1.82) is 0 Å². The molecule has 18 heavy (non-hydrogen) atoms. The third-order valence-electron chi connectivity index (χ3n) is 2.14. The summed E-state index contributed by atoms with van der Waals surface area (Å²) in [5.74, 6) is -1.58. The van der Waals surface area contributed by atoms with Crippen LogP contribution in [0.2, 0.25) is 5.02 Å². The normalized spacial score (nSPS) is 12.3. The van der Waals surface area contributed by atoms with Gasteiger partial charge in [0.05, 0.1) is 0 Å². The zero-order valence-electron chi connectivity index (χ0n) is 8.75. The maximum atomic E-state index is 10.6. The lowest BCUT2D eigenvalue weighted by molar-refractivity contribution is 0.410. The number of anilines is 1.